The van der Waals surface area contributed by atoms with Crippen molar-refractivity contribution < 1.29 is 0 Å². The maximum atomic E-state index is 5.85. The number of hydrogen-bond acceptors (Lipinski definition) is 4. The normalized spacial score (nSPS) is 25.8. The predicted octanol–water partition coefficient (Wildman–Crippen LogP) is 1.69. The first-order valence-electron chi connectivity index (χ1n) is 5.65. The van der Waals surface area contributed by atoms with Gasteiger partial charge in [0.15, 0.2) is 0 Å². The first-order valence-corrected chi connectivity index (χ1v) is 6.02. The molecule has 1 saturated heterocycles. The van der Waals surface area contributed by atoms with Gasteiger partial charge in [-0.15, -0.1) is 0 Å². The molecule has 5 heteroatoms. The maximum Gasteiger partial charge on any atom is 0.149 e. The molecule has 0 spiro atoms. The summed E-state index contributed by atoms with van der Waals surface area (Å²) in [5, 5.41) is 0.437. The molecular formula is C11H17ClN4. The van der Waals surface area contributed by atoms with E-state index in [1.165, 1.54) is 6.42 Å². The first kappa shape index (κ1) is 11.6. The average molecular weight is 241 g/mol. The van der Waals surface area contributed by atoms with E-state index in [9.17, 15) is 0 Å². The van der Waals surface area contributed by atoms with Crippen LogP contribution in [0.2, 0.25) is 5.15 Å². The van der Waals surface area contributed by atoms with Gasteiger partial charge < -0.3 is 10.6 Å². The fourth-order valence-electron chi connectivity index (χ4n) is 2.25. The van der Waals surface area contributed by atoms with Crippen molar-refractivity contribution in [3.05, 3.63) is 17.5 Å². The SMILES string of the molecule is CC1CCN(c2cncc(Cl)n2)C(CN)C1. The fourth-order valence-corrected chi connectivity index (χ4v) is 2.39. The summed E-state index contributed by atoms with van der Waals surface area (Å²) in [7, 11) is 0. The van der Waals surface area contributed by atoms with Crippen LogP contribution in [-0.4, -0.2) is 29.1 Å². The van der Waals surface area contributed by atoms with Gasteiger partial charge in [-0.25, -0.2) is 4.98 Å². The van der Waals surface area contributed by atoms with Crippen molar-refractivity contribution in [2.75, 3.05) is 18.0 Å². The van der Waals surface area contributed by atoms with Gasteiger partial charge in [-0.2, -0.15) is 0 Å². The van der Waals surface area contributed by atoms with Crippen LogP contribution in [0.3, 0.4) is 0 Å². The van der Waals surface area contributed by atoms with Crippen molar-refractivity contribution in [3.8, 4) is 0 Å². The molecule has 2 N–H and O–H groups in total. The number of nitrogens with two attached hydrogens (primary N) is 1. The van der Waals surface area contributed by atoms with Gasteiger partial charge in [0.05, 0.1) is 12.4 Å². The van der Waals surface area contributed by atoms with E-state index in [0.29, 0.717) is 17.7 Å². The van der Waals surface area contributed by atoms with Crippen LogP contribution in [0.1, 0.15) is 19.8 Å². The molecule has 0 aliphatic carbocycles. The summed E-state index contributed by atoms with van der Waals surface area (Å²) < 4.78 is 0. The van der Waals surface area contributed by atoms with Crippen molar-refractivity contribution in [2.24, 2.45) is 11.7 Å². The van der Waals surface area contributed by atoms with Crippen molar-refractivity contribution in [1.29, 1.82) is 0 Å². The first-order chi connectivity index (χ1) is 7.70. The number of aromatic nitrogens is 2. The lowest BCUT2D eigenvalue weighted by Gasteiger charge is -2.38. The number of hydrogen-bond donors (Lipinski definition) is 1. The Kier molecular flexibility index (Phi) is 3.61. The Bertz CT molecular complexity index is 358. The summed E-state index contributed by atoms with van der Waals surface area (Å²) in [6, 6.07) is 0.358. The third kappa shape index (κ3) is 2.44. The molecule has 4 nitrogen and oxygen atoms in total. The second-order valence-electron chi connectivity index (χ2n) is 4.41. The molecule has 0 radical (unpaired) electrons. The fraction of sp³-hybridized carbons (Fsp3) is 0.636. The molecule has 88 valence electrons. The lowest BCUT2D eigenvalue weighted by atomic mass is 9.92. The molecule has 1 aromatic rings. The zero-order valence-corrected chi connectivity index (χ0v) is 10.2. The molecule has 16 heavy (non-hydrogen) atoms. The van der Waals surface area contributed by atoms with Crippen LogP contribution in [0.5, 0.6) is 0 Å². The van der Waals surface area contributed by atoms with Gasteiger partial charge in [0.2, 0.25) is 0 Å². The molecule has 0 bridgehead atoms. The number of halogens is 1. The molecule has 1 fully saturated rings. The van der Waals surface area contributed by atoms with E-state index in [-0.39, 0.29) is 0 Å². The quantitative estimate of drug-likeness (QED) is 0.855. The lowest BCUT2D eigenvalue weighted by Crippen LogP contribution is -2.46. The zero-order chi connectivity index (χ0) is 11.5. The van der Waals surface area contributed by atoms with Crippen LogP contribution in [0.25, 0.3) is 0 Å². The van der Waals surface area contributed by atoms with E-state index in [1.54, 1.807) is 12.4 Å². The highest BCUT2D eigenvalue weighted by Gasteiger charge is 2.26. The highest BCUT2D eigenvalue weighted by Crippen LogP contribution is 2.26. The van der Waals surface area contributed by atoms with E-state index in [0.717, 1.165) is 24.7 Å². The van der Waals surface area contributed by atoms with Gasteiger partial charge in [0.25, 0.3) is 0 Å². The average Bonchev–Trinajstić information content (AvgIpc) is 2.28. The zero-order valence-electron chi connectivity index (χ0n) is 9.43. The summed E-state index contributed by atoms with van der Waals surface area (Å²) in [4.78, 5) is 10.6. The van der Waals surface area contributed by atoms with E-state index in [2.05, 4.69) is 21.8 Å². The summed E-state index contributed by atoms with van der Waals surface area (Å²) in [5.74, 6) is 1.58. The molecule has 2 unspecified atom stereocenters. The van der Waals surface area contributed by atoms with Crippen molar-refractivity contribution in [1.82, 2.24) is 9.97 Å². The van der Waals surface area contributed by atoms with Gasteiger partial charge in [-0.1, -0.05) is 18.5 Å². The molecule has 2 rings (SSSR count). The Balaban J connectivity index is 2.19. The molecule has 1 aliphatic rings. The summed E-state index contributed by atoms with van der Waals surface area (Å²) in [6.07, 6.45) is 5.59. The molecular weight excluding hydrogens is 224 g/mol. The van der Waals surface area contributed by atoms with Crippen LogP contribution >= 0.6 is 11.6 Å². The smallest absolute Gasteiger partial charge is 0.149 e. The minimum Gasteiger partial charge on any atom is -0.351 e. The Hall–Kier alpha value is -0.870. The van der Waals surface area contributed by atoms with Gasteiger partial charge >= 0.3 is 0 Å². The molecule has 0 aromatic carbocycles. The Morgan fingerprint density at radius 3 is 3.06 bits per heavy atom. The molecule has 0 amide bonds. The monoisotopic (exact) mass is 240 g/mol. The minimum atomic E-state index is 0.358. The predicted molar refractivity (Wildman–Crippen MR) is 65.6 cm³/mol. The van der Waals surface area contributed by atoms with Gasteiger partial charge in [-0.05, 0) is 18.8 Å². The Labute approximate surface area is 101 Å². The van der Waals surface area contributed by atoms with E-state index >= 15 is 0 Å². The van der Waals surface area contributed by atoms with Crippen LogP contribution in [-0.2, 0) is 0 Å². The molecule has 1 aliphatic heterocycles. The topological polar surface area (TPSA) is 55.0 Å². The van der Waals surface area contributed by atoms with Gasteiger partial charge in [0, 0.05) is 19.1 Å². The highest BCUT2D eigenvalue weighted by molar-refractivity contribution is 6.29. The number of anilines is 1. The second-order valence-corrected chi connectivity index (χ2v) is 4.80. The number of rotatable bonds is 2. The van der Waals surface area contributed by atoms with Gasteiger partial charge in [-0.3, -0.25) is 4.98 Å². The van der Waals surface area contributed by atoms with Crippen LogP contribution in [0, 0.1) is 5.92 Å². The van der Waals surface area contributed by atoms with E-state index in [1.807, 2.05) is 0 Å². The standard InChI is InChI=1S/C11H17ClN4/c1-8-2-3-16(9(4-8)5-13)11-7-14-6-10(12)15-11/h6-9H,2-5,13H2,1H3. The number of piperidine rings is 1. The summed E-state index contributed by atoms with van der Waals surface area (Å²) >= 11 is 5.85. The Morgan fingerprint density at radius 1 is 1.56 bits per heavy atom. The molecule has 2 atom stereocenters. The highest BCUT2D eigenvalue weighted by atomic mass is 35.5. The summed E-state index contributed by atoms with van der Waals surface area (Å²) in [5.41, 5.74) is 5.81. The molecule has 2 heterocycles. The minimum absolute atomic E-state index is 0.358. The van der Waals surface area contributed by atoms with Crippen LogP contribution in [0.15, 0.2) is 12.4 Å². The van der Waals surface area contributed by atoms with Crippen molar-refractivity contribution in [2.45, 2.75) is 25.8 Å². The Morgan fingerprint density at radius 2 is 2.38 bits per heavy atom. The molecule has 0 saturated carbocycles. The van der Waals surface area contributed by atoms with Crippen LogP contribution in [0.4, 0.5) is 5.82 Å². The molecule has 1 aromatic heterocycles. The van der Waals surface area contributed by atoms with Crippen LogP contribution < -0.4 is 10.6 Å². The van der Waals surface area contributed by atoms with E-state index < -0.39 is 0 Å². The van der Waals surface area contributed by atoms with E-state index in [4.69, 9.17) is 17.3 Å². The largest absolute Gasteiger partial charge is 0.351 e. The third-order valence-corrected chi connectivity index (χ3v) is 3.32. The number of nitrogens with zero attached hydrogens (tertiary/aromatic N) is 3. The van der Waals surface area contributed by atoms with Crippen molar-refractivity contribution >= 4 is 17.4 Å². The third-order valence-electron chi connectivity index (χ3n) is 3.14. The second kappa shape index (κ2) is 4.97. The summed E-state index contributed by atoms with van der Waals surface area (Å²) in [6.45, 7) is 3.90. The lowest BCUT2D eigenvalue weighted by molar-refractivity contribution is 0.364. The van der Waals surface area contributed by atoms with Crippen molar-refractivity contribution in [3.63, 3.8) is 0 Å². The maximum absolute atomic E-state index is 5.85. The van der Waals surface area contributed by atoms with Gasteiger partial charge in [0.1, 0.15) is 11.0 Å².